The van der Waals surface area contributed by atoms with Crippen LogP contribution in [0.4, 0.5) is 0 Å². The summed E-state index contributed by atoms with van der Waals surface area (Å²) in [5.74, 6) is 0. The molecule has 1 heterocycles. The Hall–Kier alpha value is 0.119. The van der Waals surface area contributed by atoms with Gasteiger partial charge in [0.15, 0.2) is 0 Å². The molecule has 1 fully saturated rings. The summed E-state index contributed by atoms with van der Waals surface area (Å²) < 4.78 is 0. The minimum Gasteiger partial charge on any atom is -0.662 e. The maximum Gasteiger partial charge on any atom is 2.00 e. The molecule has 10 nitrogen and oxygen atoms in total. The van der Waals surface area contributed by atoms with Crippen molar-refractivity contribution in [2.45, 2.75) is 12.8 Å². The maximum absolute atomic E-state index is 7.00. The van der Waals surface area contributed by atoms with Crippen LogP contribution in [0.15, 0.2) is 0 Å². The van der Waals surface area contributed by atoms with Crippen LogP contribution in [-0.4, -0.2) is 68.2 Å². The van der Waals surface area contributed by atoms with Crippen molar-refractivity contribution in [2.24, 2.45) is 0 Å². The minimum absolute atomic E-state index is 0. The van der Waals surface area contributed by atoms with Crippen LogP contribution >= 0.6 is 0 Å². The third-order valence-electron chi connectivity index (χ3n) is 1.26. The van der Waals surface area contributed by atoms with Gasteiger partial charge in [-0.05, 0) is 0 Å². The zero-order valence-electron chi connectivity index (χ0n) is 9.02. The predicted molar refractivity (Wildman–Crippen MR) is 49.8 cm³/mol. The van der Waals surface area contributed by atoms with Crippen LogP contribution in [0.1, 0.15) is 12.8 Å². The molecule has 1 aliphatic heterocycles. The van der Waals surface area contributed by atoms with Crippen LogP contribution in [0.3, 0.4) is 0 Å². The molecule has 11 heteroatoms. The van der Waals surface area contributed by atoms with Gasteiger partial charge in [0.25, 0.3) is 0 Å². The molecule has 1 radical (unpaired) electrons. The van der Waals surface area contributed by atoms with E-state index in [1.807, 2.05) is 0 Å². The molecule has 0 saturated carbocycles. The molecular weight excluding hydrogens is 288 g/mol. The number of rotatable bonds is 0. The Labute approximate surface area is 109 Å². The van der Waals surface area contributed by atoms with Crippen LogP contribution in [0.25, 0.3) is 10.6 Å². The van der Waals surface area contributed by atoms with E-state index in [0.717, 1.165) is 26.2 Å². The van der Waals surface area contributed by atoms with Crippen molar-refractivity contribution >= 4 is 0 Å². The molecule has 6 N–H and O–H groups in total. The van der Waals surface area contributed by atoms with E-state index in [1.165, 1.54) is 12.8 Å². The molecule has 109 valence electrons. The zero-order chi connectivity index (χ0) is 12.8. The molecule has 0 aromatic carbocycles. The van der Waals surface area contributed by atoms with E-state index in [-0.39, 0.29) is 17.1 Å². The average Bonchev–Trinajstić information content (AvgIpc) is 1.98. The van der Waals surface area contributed by atoms with Gasteiger partial charge in [0, 0.05) is 0 Å². The van der Waals surface area contributed by atoms with E-state index in [2.05, 4.69) is 10.6 Å². The van der Waals surface area contributed by atoms with Crippen LogP contribution < -0.4 is 0 Å². The van der Waals surface area contributed by atoms with Gasteiger partial charge in [-0.15, -0.1) is 0 Å². The largest absolute Gasteiger partial charge is 2.00 e. The third-order valence-corrected chi connectivity index (χ3v) is 1.26. The van der Waals surface area contributed by atoms with Gasteiger partial charge in [0.05, 0.1) is 10.8 Å². The van der Waals surface area contributed by atoms with Gasteiger partial charge in [-0.2, -0.15) is 26.2 Å². The normalized spacial score (nSPS) is 15.5. The summed E-state index contributed by atoms with van der Waals surface area (Å²) in [5, 5.41) is 48.5. The van der Waals surface area contributed by atoms with Gasteiger partial charge in [0.2, 0.25) is 0 Å². The monoisotopic (exact) mass is 305 g/mol. The summed E-state index contributed by atoms with van der Waals surface area (Å²) in [7, 11) is 0. The predicted octanol–water partition coefficient (Wildman–Crippen LogP) is 0.437. The molecule has 0 aromatic rings. The molecule has 0 spiro atoms. The van der Waals surface area contributed by atoms with Crippen LogP contribution in [0.5, 0.6) is 0 Å². The molecule has 0 aromatic heterocycles. The Morgan fingerprint density at radius 2 is 0.765 bits per heavy atom. The van der Waals surface area contributed by atoms with E-state index in [4.69, 9.17) is 31.2 Å². The van der Waals surface area contributed by atoms with Gasteiger partial charge in [-0.1, -0.05) is 12.8 Å². The Morgan fingerprint density at radius 1 is 0.588 bits per heavy atom. The number of hydrogen-bond acceptors (Lipinski definition) is 8. The smallest absolute Gasteiger partial charge is 0.662 e. The third kappa shape index (κ3) is 48.7. The maximum atomic E-state index is 7.00. The zero-order valence-corrected chi connectivity index (χ0v) is 9.96. The van der Waals surface area contributed by atoms with Crippen molar-refractivity contribution in [2.75, 3.05) is 26.2 Å². The van der Waals surface area contributed by atoms with Crippen LogP contribution in [0, 0.1) is 0 Å². The molecule has 1 saturated heterocycles. The van der Waals surface area contributed by atoms with E-state index < -0.39 is 10.8 Å². The first kappa shape index (κ1) is 22.3. The topological polar surface area (TPSA) is 156 Å². The summed E-state index contributed by atoms with van der Waals surface area (Å²) in [6.45, 7) is 4.12. The number of hydrogen-bond donors (Lipinski definition) is 6. The number of nitrogens with zero attached hydrogens (tertiary/aromatic N) is 4. The second kappa shape index (κ2) is 18.5. The van der Waals surface area contributed by atoms with Crippen molar-refractivity contribution in [3.05, 3.63) is 10.6 Å². The van der Waals surface area contributed by atoms with Crippen molar-refractivity contribution in [3.63, 3.8) is 0 Å². The SMILES string of the molecule is C1C[N-]CCC[N-]C1.ON(O)O.ON(O)O.[Cu+2]. The van der Waals surface area contributed by atoms with Gasteiger partial charge < -0.3 is 10.6 Å². The first-order valence-corrected chi connectivity index (χ1v) is 4.46. The summed E-state index contributed by atoms with van der Waals surface area (Å²) in [6.07, 6.45) is 2.33. The van der Waals surface area contributed by atoms with Gasteiger partial charge >= 0.3 is 17.1 Å². The van der Waals surface area contributed by atoms with Crippen LogP contribution in [-0.2, 0) is 17.1 Å². The molecule has 1 aliphatic rings. The molecule has 0 aliphatic carbocycles. The first-order valence-electron chi connectivity index (χ1n) is 4.46. The van der Waals surface area contributed by atoms with Gasteiger partial charge in [-0.25, -0.2) is 0 Å². The minimum atomic E-state index is -1.00. The quantitative estimate of drug-likeness (QED) is 0.278. The molecule has 17 heavy (non-hydrogen) atoms. The molecule has 0 amide bonds. The van der Waals surface area contributed by atoms with Crippen molar-refractivity contribution < 1.29 is 48.3 Å². The van der Waals surface area contributed by atoms with Crippen LogP contribution in [0.2, 0.25) is 0 Å². The molecule has 0 unspecified atom stereocenters. The summed E-state index contributed by atoms with van der Waals surface area (Å²) in [6, 6.07) is 0. The van der Waals surface area contributed by atoms with E-state index in [0.29, 0.717) is 0 Å². The summed E-state index contributed by atoms with van der Waals surface area (Å²) in [4.78, 5) is 0. The molecular formula is C6H18CuN4O6. The van der Waals surface area contributed by atoms with Crippen molar-refractivity contribution in [3.8, 4) is 0 Å². The van der Waals surface area contributed by atoms with Gasteiger partial charge in [0.1, 0.15) is 0 Å². The molecule has 1 rings (SSSR count). The van der Waals surface area contributed by atoms with E-state index >= 15 is 0 Å². The summed E-state index contributed by atoms with van der Waals surface area (Å²) in [5.41, 5.74) is 0. The Morgan fingerprint density at radius 3 is 0.941 bits per heavy atom. The van der Waals surface area contributed by atoms with Crippen molar-refractivity contribution in [1.82, 2.24) is 10.8 Å². The average molecular weight is 306 g/mol. The van der Waals surface area contributed by atoms with E-state index in [1.54, 1.807) is 0 Å². The summed E-state index contributed by atoms with van der Waals surface area (Å²) >= 11 is 0. The molecule has 0 atom stereocenters. The fraction of sp³-hybridized carbons (Fsp3) is 1.00. The Balaban J connectivity index is -0.000000189. The second-order valence-corrected chi connectivity index (χ2v) is 2.59. The molecule has 0 bridgehead atoms. The fourth-order valence-corrected chi connectivity index (χ4v) is 0.812. The van der Waals surface area contributed by atoms with Crippen molar-refractivity contribution in [1.29, 1.82) is 0 Å². The van der Waals surface area contributed by atoms with E-state index in [9.17, 15) is 0 Å². The first-order chi connectivity index (χ1) is 7.46. The Kier molecular flexibility index (Phi) is 24.3. The standard InChI is InChI=1S/C6H12N2.Cu.2H3NO3/c1-3-7-5-2-6-8-4-1;;2*2-1(3)4/h1-6H2;;2*2-4H/q-2;+2;;. The Bertz CT molecular complexity index is 97.6. The van der Waals surface area contributed by atoms with Gasteiger partial charge in [-0.3, -0.25) is 31.2 Å². The fourth-order valence-electron chi connectivity index (χ4n) is 0.812. The second-order valence-electron chi connectivity index (χ2n) is 2.59.